The SMILES string of the molecule is C(=CCCC1CCCCC1)CCc1cn(C(c2ccccc2)(c2ccccc2)c2ccccc2)cn1. The molecule has 0 amide bonds. The molecule has 1 fully saturated rings. The maximum atomic E-state index is 4.88. The number of rotatable bonds is 10. The standard InChI is InChI=1S/C34H38N2/c1(7-17-29-18-8-3-9-19-29)2-16-26-33-27-36(28-35-33)34(30-20-10-4-11-21-30,31-22-12-5-13-23-31)32-24-14-6-15-25-32/h1-2,4-6,10-15,20-25,27-29H,3,7-9,16-19,26H2. The average Bonchev–Trinajstić information content (AvgIpc) is 3.42. The van der Waals surface area contributed by atoms with E-state index in [0.717, 1.165) is 24.5 Å². The lowest BCUT2D eigenvalue weighted by Crippen LogP contribution is -2.36. The van der Waals surface area contributed by atoms with Gasteiger partial charge in [-0.15, -0.1) is 0 Å². The van der Waals surface area contributed by atoms with E-state index in [0.29, 0.717) is 0 Å². The second-order valence-corrected chi connectivity index (χ2v) is 10.2. The minimum atomic E-state index is -0.481. The number of hydrogen-bond acceptors (Lipinski definition) is 1. The number of hydrogen-bond donors (Lipinski definition) is 0. The Kier molecular flexibility index (Phi) is 8.13. The minimum absolute atomic E-state index is 0.481. The summed E-state index contributed by atoms with van der Waals surface area (Å²) in [6.45, 7) is 0. The maximum Gasteiger partial charge on any atom is 0.121 e. The van der Waals surface area contributed by atoms with E-state index < -0.39 is 5.54 Å². The topological polar surface area (TPSA) is 17.8 Å². The van der Waals surface area contributed by atoms with E-state index in [1.165, 1.54) is 61.6 Å². The zero-order valence-electron chi connectivity index (χ0n) is 21.3. The highest BCUT2D eigenvalue weighted by Crippen LogP contribution is 2.40. The summed E-state index contributed by atoms with van der Waals surface area (Å²) in [5, 5.41) is 0. The van der Waals surface area contributed by atoms with Gasteiger partial charge < -0.3 is 4.57 Å². The largest absolute Gasteiger partial charge is 0.319 e. The van der Waals surface area contributed by atoms with Crippen molar-refractivity contribution >= 4 is 0 Å². The first-order valence-corrected chi connectivity index (χ1v) is 13.7. The molecular weight excluding hydrogens is 436 g/mol. The highest BCUT2D eigenvalue weighted by Gasteiger charge is 2.38. The number of imidazole rings is 1. The minimum Gasteiger partial charge on any atom is -0.319 e. The lowest BCUT2D eigenvalue weighted by molar-refractivity contribution is 0.341. The molecule has 0 aliphatic heterocycles. The summed E-state index contributed by atoms with van der Waals surface area (Å²) in [6, 6.07) is 32.4. The Morgan fingerprint density at radius 3 is 1.78 bits per heavy atom. The van der Waals surface area contributed by atoms with Gasteiger partial charge in [0.15, 0.2) is 0 Å². The van der Waals surface area contributed by atoms with Gasteiger partial charge in [0.25, 0.3) is 0 Å². The lowest BCUT2D eigenvalue weighted by atomic mass is 9.77. The molecule has 3 aromatic carbocycles. The third-order valence-corrected chi connectivity index (χ3v) is 7.80. The van der Waals surface area contributed by atoms with Crippen LogP contribution < -0.4 is 0 Å². The van der Waals surface area contributed by atoms with E-state index in [1.54, 1.807) is 0 Å². The van der Waals surface area contributed by atoms with Crippen molar-refractivity contribution in [1.82, 2.24) is 9.55 Å². The van der Waals surface area contributed by atoms with Gasteiger partial charge in [-0.3, -0.25) is 0 Å². The van der Waals surface area contributed by atoms with Crippen LogP contribution in [0.3, 0.4) is 0 Å². The number of aryl methyl sites for hydroxylation is 1. The number of allylic oxidation sites excluding steroid dienone is 2. The third kappa shape index (κ3) is 5.38. The van der Waals surface area contributed by atoms with Gasteiger partial charge in [-0.1, -0.05) is 135 Å². The summed E-state index contributed by atoms with van der Waals surface area (Å²) in [5.74, 6) is 0.959. The predicted octanol–water partition coefficient (Wildman–Crippen LogP) is 8.57. The van der Waals surface area contributed by atoms with Crippen LogP contribution in [0.4, 0.5) is 0 Å². The Bertz CT molecular complexity index is 1110. The molecule has 4 aromatic rings. The van der Waals surface area contributed by atoms with E-state index in [2.05, 4.69) is 114 Å². The summed E-state index contributed by atoms with van der Waals surface area (Å²) in [7, 11) is 0. The van der Waals surface area contributed by atoms with Gasteiger partial charge in [0, 0.05) is 6.20 Å². The monoisotopic (exact) mass is 474 g/mol. The maximum absolute atomic E-state index is 4.88. The van der Waals surface area contributed by atoms with Crippen molar-refractivity contribution in [2.24, 2.45) is 5.92 Å². The quantitative estimate of drug-likeness (QED) is 0.166. The number of aromatic nitrogens is 2. The zero-order chi connectivity index (χ0) is 24.5. The van der Waals surface area contributed by atoms with Gasteiger partial charge in [-0.2, -0.15) is 0 Å². The van der Waals surface area contributed by atoms with Crippen LogP contribution in [0.5, 0.6) is 0 Å². The molecule has 1 aliphatic carbocycles. The van der Waals surface area contributed by atoms with Gasteiger partial charge in [0.05, 0.1) is 12.0 Å². The van der Waals surface area contributed by atoms with Crippen LogP contribution in [-0.4, -0.2) is 9.55 Å². The Hall–Kier alpha value is -3.39. The van der Waals surface area contributed by atoms with Gasteiger partial charge in [0.2, 0.25) is 0 Å². The molecule has 1 saturated carbocycles. The van der Waals surface area contributed by atoms with E-state index in [-0.39, 0.29) is 0 Å². The molecule has 184 valence electrons. The fraction of sp³-hybridized carbons (Fsp3) is 0.324. The van der Waals surface area contributed by atoms with Crippen molar-refractivity contribution in [3.8, 4) is 0 Å². The molecule has 36 heavy (non-hydrogen) atoms. The first-order valence-electron chi connectivity index (χ1n) is 13.7. The van der Waals surface area contributed by atoms with Gasteiger partial charge in [-0.25, -0.2) is 4.98 Å². The van der Waals surface area contributed by atoms with Gasteiger partial charge in [-0.05, 0) is 48.3 Å². The molecule has 1 aliphatic rings. The molecule has 0 unspecified atom stereocenters. The summed E-state index contributed by atoms with van der Waals surface area (Å²) in [5.41, 5.74) is 4.35. The highest BCUT2D eigenvalue weighted by molar-refractivity contribution is 5.50. The molecule has 2 heteroatoms. The summed E-state index contributed by atoms with van der Waals surface area (Å²) < 4.78 is 2.31. The van der Waals surface area contributed by atoms with Gasteiger partial charge in [0.1, 0.15) is 5.54 Å². The van der Waals surface area contributed by atoms with Crippen molar-refractivity contribution in [3.05, 3.63) is 138 Å². The Morgan fingerprint density at radius 1 is 0.694 bits per heavy atom. The van der Waals surface area contributed by atoms with Crippen LogP contribution in [0, 0.1) is 5.92 Å². The van der Waals surface area contributed by atoms with Gasteiger partial charge >= 0.3 is 0 Å². The Balaban J connectivity index is 1.39. The molecular formula is C34H38N2. The molecule has 0 radical (unpaired) electrons. The third-order valence-electron chi connectivity index (χ3n) is 7.80. The van der Waals surface area contributed by atoms with Crippen molar-refractivity contribution < 1.29 is 0 Å². The van der Waals surface area contributed by atoms with E-state index >= 15 is 0 Å². The first kappa shape index (κ1) is 24.3. The second-order valence-electron chi connectivity index (χ2n) is 10.2. The fourth-order valence-corrected chi connectivity index (χ4v) is 5.94. The average molecular weight is 475 g/mol. The van der Waals surface area contributed by atoms with Crippen LogP contribution in [0.2, 0.25) is 0 Å². The number of benzene rings is 3. The van der Waals surface area contributed by atoms with Crippen molar-refractivity contribution in [1.29, 1.82) is 0 Å². The molecule has 0 atom stereocenters. The summed E-state index contributed by atoms with van der Waals surface area (Å²) in [4.78, 5) is 4.88. The smallest absolute Gasteiger partial charge is 0.121 e. The molecule has 0 spiro atoms. The van der Waals surface area contributed by atoms with Crippen molar-refractivity contribution in [2.45, 2.75) is 63.3 Å². The first-order chi connectivity index (χ1) is 17.9. The predicted molar refractivity (Wildman–Crippen MR) is 150 cm³/mol. The van der Waals surface area contributed by atoms with Crippen LogP contribution >= 0.6 is 0 Å². The molecule has 1 aromatic heterocycles. The normalized spacial score (nSPS) is 14.9. The summed E-state index contributed by atoms with van der Waals surface area (Å²) in [6.07, 6.45) is 20.8. The van der Waals surface area contributed by atoms with Crippen molar-refractivity contribution in [3.63, 3.8) is 0 Å². The fourth-order valence-electron chi connectivity index (χ4n) is 5.94. The molecule has 0 bridgehead atoms. The second kappa shape index (κ2) is 12.0. The summed E-state index contributed by atoms with van der Waals surface area (Å²) >= 11 is 0. The van der Waals surface area contributed by atoms with E-state index in [9.17, 15) is 0 Å². The Labute approximate surface area is 216 Å². The molecule has 1 heterocycles. The molecule has 5 rings (SSSR count). The Morgan fingerprint density at radius 2 is 1.22 bits per heavy atom. The van der Waals surface area contributed by atoms with Crippen molar-refractivity contribution in [2.75, 3.05) is 0 Å². The molecule has 0 saturated heterocycles. The van der Waals surface area contributed by atoms with E-state index in [1.807, 2.05) is 6.33 Å². The molecule has 0 N–H and O–H groups in total. The highest BCUT2D eigenvalue weighted by atomic mass is 15.1. The molecule has 2 nitrogen and oxygen atoms in total. The zero-order valence-corrected chi connectivity index (χ0v) is 21.3. The van der Waals surface area contributed by atoms with Crippen LogP contribution in [-0.2, 0) is 12.0 Å². The van der Waals surface area contributed by atoms with Crippen LogP contribution in [0.1, 0.15) is 73.8 Å². The van der Waals surface area contributed by atoms with Crippen LogP contribution in [0.25, 0.3) is 0 Å². The number of nitrogens with zero attached hydrogens (tertiary/aromatic N) is 2. The van der Waals surface area contributed by atoms with E-state index in [4.69, 9.17) is 4.98 Å². The van der Waals surface area contributed by atoms with Crippen LogP contribution in [0.15, 0.2) is 116 Å². The lowest BCUT2D eigenvalue weighted by Gasteiger charge is -2.37.